The lowest BCUT2D eigenvalue weighted by molar-refractivity contribution is 0.206. The third-order valence-electron chi connectivity index (χ3n) is 3.63. The summed E-state index contributed by atoms with van der Waals surface area (Å²) >= 11 is 0. The van der Waals surface area contributed by atoms with E-state index in [-0.39, 0.29) is 17.0 Å². The zero-order valence-electron chi connectivity index (χ0n) is 11.8. The van der Waals surface area contributed by atoms with Crippen LogP contribution in [0, 0.1) is 0 Å². The molecule has 18 heavy (non-hydrogen) atoms. The molecule has 4 heteroatoms. The van der Waals surface area contributed by atoms with Gasteiger partial charge in [-0.2, -0.15) is 5.10 Å². The van der Waals surface area contributed by atoms with Crippen LogP contribution in [-0.2, 0) is 5.41 Å². The Morgan fingerprint density at radius 2 is 1.83 bits per heavy atom. The molecule has 1 saturated heterocycles. The van der Waals surface area contributed by atoms with Crippen LogP contribution in [0.25, 0.3) is 0 Å². The Labute approximate surface area is 109 Å². The minimum atomic E-state index is -0.0130. The molecule has 0 spiro atoms. The molecule has 1 aromatic heterocycles. The molecule has 0 N–H and O–H groups in total. The van der Waals surface area contributed by atoms with Crippen molar-refractivity contribution in [1.82, 2.24) is 14.7 Å². The van der Waals surface area contributed by atoms with Gasteiger partial charge in [0.1, 0.15) is 0 Å². The van der Waals surface area contributed by atoms with E-state index in [0.717, 1.165) is 31.6 Å². The first-order valence-electron chi connectivity index (χ1n) is 6.67. The van der Waals surface area contributed by atoms with Gasteiger partial charge < -0.3 is 4.90 Å². The van der Waals surface area contributed by atoms with Crippen molar-refractivity contribution < 1.29 is 0 Å². The molecule has 4 nitrogen and oxygen atoms in total. The topological polar surface area (TPSA) is 38.1 Å². The van der Waals surface area contributed by atoms with Crippen molar-refractivity contribution in [3.8, 4) is 0 Å². The van der Waals surface area contributed by atoms with Crippen molar-refractivity contribution in [2.24, 2.45) is 0 Å². The zero-order valence-corrected chi connectivity index (χ0v) is 11.8. The van der Waals surface area contributed by atoms with Crippen molar-refractivity contribution in [2.45, 2.75) is 45.1 Å². The molecular formula is C14H23N3O. The molecule has 0 aliphatic carbocycles. The summed E-state index contributed by atoms with van der Waals surface area (Å²) in [6, 6.07) is 3.77. The van der Waals surface area contributed by atoms with Crippen molar-refractivity contribution >= 4 is 0 Å². The monoisotopic (exact) mass is 249 g/mol. The summed E-state index contributed by atoms with van der Waals surface area (Å²) in [5, 5.41) is 4.58. The summed E-state index contributed by atoms with van der Waals surface area (Å²) in [4.78, 5) is 14.3. The Morgan fingerprint density at radius 1 is 1.22 bits per heavy atom. The van der Waals surface area contributed by atoms with E-state index in [1.807, 2.05) is 6.07 Å². The maximum absolute atomic E-state index is 12.0. The number of aromatic nitrogens is 2. The van der Waals surface area contributed by atoms with E-state index in [9.17, 15) is 4.79 Å². The van der Waals surface area contributed by atoms with Crippen LogP contribution in [0.1, 0.15) is 45.3 Å². The molecule has 0 aromatic carbocycles. The van der Waals surface area contributed by atoms with E-state index in [0.29, 0.717) is 0 Å². The molecule has 1 aliphatic rings. The Balaban J connectivity index is 2.30. The van der Waals surface area contributed by atoms with Crippen LogP contribution >= 0.6 is 0 Å². The molecule has 1 fully saturated rings. The van der Waals surface area contributed by atoms with Gasteiger partial charge in [-0.05, 0) is 39.0 Å². The van der Waals surface area contributed by atoms with E-state index in [1.165, 1.54) is 0 Å². The molecule has 0 radical (unpaired) electrons. The van der Waals surface area contributed by atoms with Crippen LogP contribution < -0.4 is 5.56 Å². The molecule has 100 valence electrons. The summed E-state index contributed by atoms with van der Waals surface area (Å²) in [7, 11) is 2.12. The molecule has 1 aliphatic heterocycles. The van der Waals surface area contributed by atoms with Gasteiger partial charge in [-0.25, -0.2) is 4.68 Å². The lowest BCUT2D eigenvalue weighted by Crippen LogP contribution is -2.37. The summed E-state index contributed by atoms with van der Waals surface area (Å²) in [5.74, 6) is 0. The predicted molar refractivity (Wildman–Crippen MR) is 73.0 cm³/mol. The first-order chi connectivity index (χ1) is 8.38. The van der Waals surface area contributed by atoms with Crippen LogP contribution in [0.5, 0.6) is 0 Å². The van der Waals surface area contributed by atoms with Crippen LogP contribution in [0.3, 0.4) is 0 Å². The Hall–Kier alpha value is -1.16. The average molecular weight is 249 g/mol. The molecule has 0 saturated carbocycles. The van der Waals surface area contributed by atoms with Crippen molar-refractivity contribution in [1.29, 1.82) is 0 Å². The van der Waals surface area contributed by atoms with Crippen LogP contribution in [-0.4, -0.2) is 34.8 Å². The maximum atomic E-state index is 12.0. The fourth-order valence-electron chi connectivity index (χ4n) is 2.33. The molecule has 0 bridgehead atoms. The average Bonchev–Trinajstić information content (AvgIpc) is 2.29. The second kappa shape index (κ2) is 4.84. The van der Waals surface area contributed by atoms with Gasteiger partial charge in [-0.15, -0.1) is 0 Å². The number of likely N-dealkylation sites (tertiary alicyclic amines) is 1. The van der Waals surface area contributed by atoms with E-state index in [4.69, 9.17) is 0 Å². The second-order valence-corrected chi connectivity index (χ2v) is 6.29. The van der Waals surface area contributed by atoms with Crippen LogP contribution in [0.4, 0.5) is 0 Å². The SMILES string of the molecule is CN1CCC(n2nc(C(C)(C)C)ccc2=O)CC1. The summed E-state index contributed by atoms with van der Waals surface area (Å²) in [6.07, 6.45) is 2.02. The van der Waals surface area contributed by atoms with E-state index >= 15 is 0 Å². The standard InChI is InChI=1S/C14H23N3O/c1-14(2,3)12-5-6-13(18)17(15-12)11-7-9-16(4)10-8-11/h5-6,11H,7-10H2,1-4H3. The quantitative estimate of drug-likeness (QED) is 0.762. The van der Waals surface area contributed by atoms with Gasteiger partial charge in [0, 0.05) is 11.5 Å². The minimum Gasteiger partial charge on any atom is -0.306 e. The number of piperidine rings is 1. The van der Waals surface area contributed by atoms with Gasteiger partial charge in [0.15, 0.2) is 0 Å². The first-order valence-corrected chi connectivity index (χ1v) is 6.67. The first kappa shape index (κ1) is 13.3. The molecule has 0 unspecified atom stereocenters. The van der Waals surface area contributed by atoms with E-state index in [2.05, 4.69) is 37.8 Å². The van der Waals surface area contributed by atoms with Gasteiger partial charge >= 0.3 is 0 Å². The lowest BCUT2D eigenvalue weighted by Gasteiger charge is -2.30. The third kappa shape index (κ3) is 2.80. The lowest BCUT2D eigenvalue weighted by atomic mass is 9.92. The Kier molecular flexibility index (Phi) is 3.57. The predicted octanol–water partition coefficient (Wildman–Crippen LogP) is 1.81. The van der Waals surface area contributed by atoms with Crippen LogP contribution in [0.2, 0.25) is 0 Å². The van der Waals surface area contributed by atoms with Crippen molar-refractivity contribution in [2.75, 3.05) is 20.1 Å². The smallest absolute Gasteiger partial charge is 0.267 e. The number of hydrogen-bond acceptors (Lipinski definition) is 3. The summed E-state index contributed by atoms with van der Waals surface area (Å²) < 4.78 is 1.70. The second-order valence-electron chi connectivity index (χ2n) is 6.29. The Morgan fingerprint density at radius 3 is 2.39 bits per heavy atom. The van der Waals surface area contributed by atoms with E-state index < -0.39 is 0 Å². The van der Waals surface area contributed by atoms with Gasteiger partial charge in [0.05, 0.1) is 11.7 Å². The number of nitrogens with zero attached hydrogens (tertiary/aromatic N) is 3. The summed E-state index contributed by atoms with van der Waals surface area (Å²) in [6.45, 7) is 8.45. The minimum absolute atomic E-state index is 0.0130. The molecule has 0 amide bonds. The molecular weight excluding hydrogens is 226 g/mol. The highest BCUT2D eigenvalue weighted by Gasteiger charge is 2.22. The summed E-state index contributed by atoms with van der Waals surface area (Å²) in [5.41, 5.74) is 1.000. The zero-order chi connectivity index (χ0) is 13.3. The van der Waals surface area contributed by atoms with Gasteiger partial charge in [-0.3, -0.25) is 4.79 Å². The molecule has 1 aromatic rings. The molecule has 2 rings (SSSR count). The van der Waals surface area contributed by atoms with Crippen LogP contribution in [0.15, 0.2) is 16.9 Å². The Bertz CT molecular complexity index is 465. The highest BCUT2D eigenvalue weighted by molar-refractivity contribution is 5.11. The molecule has 2 heterocycles. The number of rotatable bonds is 1. The third-order valence-corrected chi connectivity index (χ3v) is 3.63. The largest absolute Gasteiger partial charge is 0.306 e. The normalized spacial score (nSPS) is 19.1. The molecule has 0 atom stereocenters. The van der Waals surface area contributed by atoms with Crippen molar-refractivity contribution in [3.05, 3.63) is 28.2 Å². The fourth-order valence-corrected chi connectivity index (χ4v) is 2.33. The van der Waals surface area contributed by atoms with Gasteiger partial charge in [-0.1, -0.05) is 20.8 Å². The van der Waals surface area contributed by atoms with Gasteiger partial charge in [0.25, 0.3) is 5.56 Å². The fraction of sp³-hybridized carbons (Fsp3) is 0.714. The van der Waals surface area contributed by atoms with E-state index in [1.54, 1.807) is 10.7 Å². The number of hydrogen-bond donors (Lipinski definition) is 0. The highest BCUT2D eigenvalue weighted by atomic mass is 16.1. The van der Waals surface area contributed by atoms with Gasteiger partial charge in [0.2, 0.25) is 0 Å². The maximum Gasteiger partial charge on any atom is 0.267 e. The van der Waals surface area contributed by atoms with Crippen molar-refractivity contribution in [3.63, 3.8) is 0 Å². The highest BCUT2D eigenvalue weighted by Crippen LogP contribution is 2.22.